The van der Waals surface area contributed by atoms with Gasteiger partial charge in [0.2, 0.25) is 10.0 Å². The third-order valence-electron chi connectivity index (χ3n) is 5.16. The summed E-state index contributed by atoms with van der Waals surface area (Å²) in [5.74, 6) is 0.702. The number of hydrogen-bond acceptors (Lipinski definition) is 6. The second kappa shape index (κ2) is 9.25. The van der Waals surface area contributed by atoms with E-state index in [-0.39, 0.29) is 41.7 Å². The molecule has 2 unspecified atom stereocenters. The van der Waals surface area contributed by atoms with Crippen LogP contribution in [-0.4, -0.2) is 65.2 Å². The van der Waals surface area contributed by atoms with Gasteiger partial charge in [0.25, 0.3) is 5.91 Å². The van der Waals surface area contributed by atoms with Gasteiger partial charge in [-0.15, -0.1) is 0 Å². The van der Waals surface area contributed by atoms with Crippen LogP contribution in [0, 0.1) is 0 Å². The molecule has 2 atom stereocenters. The van der Waals surface area contributed by atoms with E-state index < -0.39 is 10.0 Å². The molecule has 1 heterocycles. The van der Waals surface area contributed by atoms with Gasteiger partial charge >= 0.3 is 0 Å². The molecular weight excluding hydrogens is 420 g/mol. The van der Waals surface area contributed by atoms with Crippen molar-refractivity contribution in [1.82, 2.24) is 4.31 Å². The molecule has 8 nitrogen and oxygen atoms in total. The number of anilines is 1. The number of benzene rings is 2. The van der Waals surface area contributed by atoms with Crippen LogP contribution in [0.4, 0.5) is 5.69 Å². The zero-order chi connectivity index (χ0) is 22.8. The maximum absolute atomic E-state index is 13.2. The van der Waals surface area contributed by atoms with Gasteiger partial charge < -0.3 is 19.1 Å². The van der Waals surface area contributed by atoms with Gasteiger partial charge in [0.1, 0.15) is 0 Å². The van der Waals surface area contributed by atoms with E-state index in [0.717, 1.165) is 0 Å². The summed E-state index contributed by atoms with van der Waals surface area (Å²) < 4.78 is 43.9. The van der Waals surface area contributed by atoms with Crippen molar-refractivity contribution in [2.24, 2.45) is 0 Å². The molecule has 1 aliphatic heterocycles. The third kappa shape index (κ3) is 4.84. The predicted octanol–water partition coefficient (Wildman–Crippen LogP) is 2.78. The number of carbonyl (C=O) groups excluding carboxylic acids is 1. The molecule has 0 radical (unpaired) electrons. The van der Waals surface area contributed by atoms with Gasteiger partial charge in [0.15, 0.2) is 11.5 Å². The number of nitrogens with zero attached hydrogens (tertiary/aromatic N) is 2. The molecule has 1 fully saturated rings. The van der Waals surface area contributed by atoms with E-state index in [4.69, 9.17) is 14.2 Å². The van der Waals surface area contributed by atoms with Crippen LogP contribution in [0.3, 0.4) is 0 Å². The van der Waals surface area contributed by atoms with E-state index in [2.05, 4.69) is 0 Å². The first kappa shape index (κ1) is 23.1. The molecule has 0 aromatic heterocycles. The molecule has 31 heavy (non-hydrogen) atoms. The molecule has 2 aromatic carbocycles. The lowest BCUT2D eigenvalue weighted by molar-refractivity contribution is -0.0440. The highest BCUT2D eigenvalue weighted by Crippen LogP contribution is 2.32. The minimum atomic E-state index is -3.75. The molecule has 0 aliphatic carbocycles. The Morgan fingerprint density at radius 2 is 1.68 bits per heavy atom. The number of methoxy groups -OCH3 is 2. The topological polar surface area (TPSA) is 85.4 Å². The van der Waals surface area contributed by atoms with Crippen LogP contribution in [0.5, 0.6) is 11.5 Å². The van der Waals surface area contributed by atoms with Crippen LogP contribution < -0.4 is 14.4 Å². The first-order valence-corrected chi connectivity index (χ1v) is 11.4. The Hall–Kier alpha value is -2.62. The van der Waals surface area contributed by atoms with Crippen LogP contribution >= 0.6 is 0 Å². The maximum Gasteiger partial charge on any atom is 0.258 e. The monoisotopic (exact) mass is 448 g/mol. The molecule has 0 spiro atoms. The molecule has 1 saturated heterocycles. The number of hydrogen-bond donors (Lipinski definition) is 0. The summed E-state index contributed by atoms with van der Waals surface area (Å²) in [4.78, 5) is 14.6. The molecule has 168 valence electrons. The summed E-state index contributed by atoms with van der Waals surface area (Å²) >= 11 is 0. The minimum absolute atomic E-state index is 0.0837. The summed E-state index contributed by atoms with van der Waals surface area (Å²) in [6.45, 7) is 4.24. The predicted molar refractivity (Wildman–Crippen MR) is 117 cm³/mol. The van der Waals surface area contributed by atoms with Gasteiger partial charge in [0.05, 0.1) is 31.3 Å². The Morgan fingerprint density at radius 3 is 2.29 bits per heavy atom. The molecular formula is C22H28N2O6S. The summed E-state index contributed by atoms with van der Waals surface area (Å²) in [5.41, 5.74) is 0.861. The van der Waals surface area contributed by atoms with Gasteiger partial charge in [0, 0.05) is 37.5 Å². The number of morpholine rings is 1. The van der Waals surface area contributed by atoms with E-state index >= 15 is 0 Å². The Balaban J connectivity index is 1.88. The van der Waals surface area contributed by atoms with Crippen molar-refractivity contribution in [2.45, 2.75) is 31.0 Å². The average molecular weight is 449 g/mol. The van der Waals surface area contributed by atoms with Gasteiger partial charge in [-0.1, -0.05) is 6.07 Å². The fourth-order valence-electron chi connectivity index (χ4n) is 3.61. The van der Waals surface area contributed by atoms with E-state index in [0.29, 0.717) is 17.2 Å². The SMILES string of the molecule is COc1ccc(N(C)C(=O)c2cccc(S(=O)(=O)N3CC(C)OC(C)C3)c2)cc1OC. The first-order chi connectivity index (χ1) is 14.7. The molecule has 1 aliphatic rings. The minimum Gasteiger partial charge on any atom is -0.493 e. The second-order valence-corrected chi connectivity index (χ2v) is 9.45. The maximum atomic E-state index is 13.2. The first-order valence-electron chi connectivity index (χ1n) is 9.93. The molecule has 0 saturated carbocycles. The largest absolute Gasteiger partial charge is 0.493 e. The molecule has 2 aromatic rings. The molecule has 0 N–H and O–H groups in total. The normalized spacial score (nSPS) is 19.6. The lowest BCUT2D eigenvalue weighted by Crippen LogP contribution is -2.48. The van der Waals surface area contributed by atoms with Crippen molar-refractivity contribution >= 4 is 21.6 Å². The number of rotatable bonds is 6. The van der Waals surface area contributed by atoms with E-state index in [1.165, 1.54) is 35.6 Å². The zero-order valence-electron chi connectivity index (χ0n) is 18.4. The van der Waals surface area contributed by atoms with Gasteiger partial charge in [-0.05, 0) is 44.2 Å². The van der Waals surface area contributed by atoms with Crippen LogP contribution in [0.1, 0.15) is 24.2 Å². The molecule has 9 heteroatoms. The highest BCUT2D eigenvalue weighted by atomic mass is 32.2. The molecule has 3 rings (SSSR count). The summed E-state index contributed by atoms with van der Waals surface area (Å²) in [6, 6.07) is 11.2. The smallest absolute Gasteiger partial charge is 0.258 e. The summed E-state index contributed by atoms with van der Waals surface area (Å²) in [5, 5.41) is 0. The fourth-order valence-corrected chi connectivity index (χ4v) is 5.25. The quantitative estimate of drug-likeness (QED) is 0.676. The van der Waals surface area contributed by atoms with Gasteiger partial charge in [-0.2, -0.15) is 4.31 Å². The Kier molecular flexibility index (Phi) is 6.88. The van der Waals surface area contributed by atoms with E-state index in [9.17, 15) is 13.2 Å². The van der Waals surface area contributed by atoms with Crippen molar-refractivity contribution in [3.8, 4) is 11.5 Å². The van der Waals surface area contributed by atoms with Crippen molar-refractivity contribution in [3.63, 3.8) is 0 Å². The fraction of sp³-hybridized carbons (Fsp3) is 0.409. The Labute approximate surface area is 183 Å². The van der Waals surface area contributed by atoms with Gasteiger partial charge in [-0.3, -0.25) is 4.79 Å². The van der Waals surface area contributed by atoms with Crippen molar-refractivity contribution in [2.75, 3.05) is 39.3 Å². The standard InChI is InChI=1S/C22H28N2O6S/c1-15-13-24(14-16(2)30-15)31(26,27)19-8-6-7-17(11-19)22(25)23(3)18-9-10-20(28-4)21(12-18)29-5/h6-12,15-16H,13-14H2,1-5H3. The Morgan fingerprint density at radius 1 is 1.03 bits per heavy atom. The highest BCUT2D eigenvalue weighted by molar-refractivity contribution is 7.89. The average Bonchev–Trinajstić information content (AvgIpc) is 2.77. The van der Waals surface area contributed by atoms with Crippen LogP contribution in [0.15, 0.2) is 47.4 Å². The highest BCUT2D eigenvalue weighted by Gasteiger charge is 2.32. The van der Waals surface area contributed by atoms with E-state index in [1.54, 1.807) is 37.4 Å². The van der Waals surface area contributed by atoms with Crippen molar-refractivity contribution < 1.29 is 27.4 Å². The van der Waals surface area contributed by atoms with Gasteiger partial charge in [-0.25, -0.2) is 8.42 Å². The van der Waals surface area contributed by atoms with Crippen LogP contribution in [0.2, 0.25) is 0 Å². The number of ether oxygens (including phenoxy) is 3. The van der Waals surface area contributed by atoms with Crippen LogP contribution in [0.25, 0.3) is 0 Å². The number of carbonyl (C=O) groups is 1. The van der Waals surface area contributed by atoms with Crippen molar-refractivity contribution in [3.05, 3.63) is 48.0 Å². The molecule has 1 amide bonds. The van der Waals surface area contributed by atoms with E-state index in [1.807, 2.05) is 13.8 Å². The number of sulfonamides is 1. The lowest BCUT2D eigenvalue weighted by Gasteiger charge is -2.34. The summed E-state index contributed by atoms with van der Waals surface area (Å²) in [7, 11) is 0.928. The molecule has 0 bridgehead atoms. The number of amides is 1. The second-order valence-electron chi connectivity index (χ2n) is 7.51. The van der Waals surface area contributed by atoms with Crippen molar-refractivity contribution in [1.29, 1.82) is 0 Å². The Bertz CT molecular complexity index is 1050. The van der Waals surface area contributed by atoms with Crippen LogP contribution in [-0.2, 0) is 14.8 Å². The zero-order valence-corrected chi connectivity index (χ0v) is 19.2. The third-order valence-corrected chi connectivity index (χ3v) is 6.99. The summed E-state index contributed by atoms with van der Waals surface area (Å²) in [6.07, 6.45) is -0.390. The lowest BCUT2D eigenvalue weighted by atomic mass is 10.2.